The Bertz CT molecular complexity index is 282. The van der Waals surface area contributed by atoms with Crippen LogP contribution in [0.15, 0.2) is 18.3 Å². The van der Waals surface area contributed by atoms with Gasteiger partial charge in [0.05, 0.1) is 12.3 Å². The van der Waals surface area contributed by atoms with Crippen molar-refractivity contribution in [2.45, 2.75) is 25.5 Å². The molecular weight excluding hydrogens is 164 g/mol. The summed E-state index contributed by atoms with van der Waals surface area (Å²) in [6.45, 7) is 1.13. The molecule has 1 aromatic rings. The summed E-state index contributed by atoms with van der Waals surface area (Å²) in [5.74, 6) is 0. The molecule has 3 heteroatoms. The molecule has 0 spiro atoms. The molecule has 1 fully saturated rings. The van der Waals surface area contributed by atoms with Crippen LogP contribution in [0.25, 0.3) is 0 Å². The molecule has 3 nitrogen and oxygen atoms in total. The van der Waals surface area contributed by atoms with E-state index in [9.17, 15) is 0 Å². The Morgan fingerprint density at radius 3 is 3.23 bits per heavy atom. The molecule has 2 N–H and O–H groups in total. The van der Waals surface area contributed by atoms with E-state index in [0.29, 0.717) is 6.04 Å². The molecule has 1 aliphatic heterocycles. The van der Waals surface area contributed by atoms with Gasteiger partial charge in [-0.1, -0.05) is 0 Å². The van der Waals surface area contributed by atoms with Crippen LogP contribution in [0.2, 0.25) is 0 Å². The summed E-state index contributed by atoms with van der Waals surface area (Å²) in [4.78, 5) is 4.05. The van der Waals surface area contributed by atoms with Gasteiger partial charge in [0.1, 0.15) is 0 Å². The lowest BCUT2D eigenvalue weighted by molar-refractivity contribution is 0.276. The highest BCUT2D eigenvalue weighted by atomic mass is 16.3. The third-order valence-corrected chi connectivity index (χ3v) is 2.47. The minimum atomic E-state index is 0.0283. The molecule has 0 saturated carbocycles. The lowest BCUT2D eigenvalue weighted by Gasteiger charge is -2.10. The average Bonchev–Trinajstić information content (AvgIpc) is 2.71. The number of nitrogens with one attached hydrogen (secondary N) is 1. The number of nitrogens with zero attached hydrogens (tertiary/aromatic N) is 1. The molecule has 1 atom stereocenters. The minimum Gasteiger partial charge on any atom is -0.390 e. The Labute approximate surface area is 77.8 Å². The van der Waals surface area contributed by atoms with Crippen molar-refractivity contribution in [1.82, 2.24) is 10.3 Å². The van der Waals surface area contributed by atoms with Crippen molar-refractivity contribution in [2.24, 2.45) is 0 Å². The molecule has 13 heavy (non-hydrogen) atoms. The summed E-state index contributed by atoms with van der Waals surface area (Å²) in [5, 5.41) is 12.3. The normalized spacial score (nSPS) is 22.1. The molecule has 0 aromatic carbocycles. The fourth-order valence-electron chi connectivity index (χ4n) is 1.77. The van der Waals surface area contributed by atoms with Crippen molar-refractivity contribution in [3.05, 3.63) is 29.6 Å². The zero-order valence-corrected chi connectivity index (χ0v) is 7.53. The van der Waals surface area contributed by atoms with Gasteiger partial charge in [0.2, 0.25) is 0 Å². The second-order valence-corrected chi connectivity index (χ2v) is 3.39. The number of aromatic nitrogens is 1. The molecule has 0 amide bonds. The third-order valence-electron chi connectivity index (χ3n) is 2.47. The van der Waals surface area contributed by atoms with Crippen LogP contribution >= 0.6 is 0 Å². The van der Waals surface area contributed by atoms with Gasteiger partial charge in [0.25, 0.3) is 0 Å². The van der Waals surface area contributed by atoms with Crippen molar-refractivity contribution in [1.29, 1.82) is 0 Å². The van der Waals surface area contributed by atoms with Crippen molar-refractivity contribution in [2.75, 3.05) is 6.54 Å². The lowest BCUT2D eigenvalue weighted by Crippen LogP contribution is -2.13. The van der Waals surface area contributed by atoms with Gasteiger partial charge in [-0.25, -0.2) is 0 Å². The average molecular weight is 178 g/mol. The van der Waals surface area contributed by atoms with E-state index in [4.69, 9.17) is 5.11 Å². The second kappa shape index (κ2) is 3.85. The summed E-state index contributed by atoms with van der Waals surface area (Å²) in [6, 6.07) is 4.46. The van der Waals surface area contributed by atoms with Crippen LogP contribution in [0.1, 0.15) is 30.1 Å². The van der Waals surface area contributed by atoms with Gasteiger partial charge in [0, 0.05) is 12.2 Å². The van der Waals surface area contributed by atoms with Crippen LogP contribution in [0.3, 0.4) is 0 Å². The molecule has 70 valence electrons. The van der Waals surface area contributed by atoms with Gasteiger partial charge in [-0.05, 0) is 37.1 Å². The summed E-state index contributed by atoms with van der Waals surface area (Å²) >= 11 is 0. The first-order valence-corrected chi connectivity index (χ1v) is 4.69. The molecule has 0 aliphatic carbocycles. The van der Waals surface area contributed by atoms with Gasteiger partial charge in [0.15, 0.2) is 0 Å². The van der Waals surface area contributed by atoms with Crippen LogP contribution in [-0.2, 0) is 6.61 Å². The van der Waals surface area contributed by atoms with E-state index in [1.807, 2.05) is 12.1 Å². The molecule has 2 rings (SSSR count). The number of rotatable bonds is 2. The maximum absolute atomic E-state index is 8.92. The number of aliphatic hydroxyl groups excluding tert-OH is 1. The van der Waals surface area contributed by atoms with Gasteiger partial charge in [-0.15, -0.1) is 0 Å². The maximum Gasteiger partial charge on any atom is 0.0853 e. The monoisotopic (exact) mass is 178 g/mol. The topological polar surface area (TPSA) is 45.1 Å². The van der Waals surface area contributed by atoms with Gasteiger partial charge in [-0.2, -0.15) is 0 Å². The highest BCUT2D eigenvalue weighted by Crippen LogP contribution is 2.22. The quantitative estimate of drug-likeness (QED) is 0.710. The first-order valence-electron chi connectivity index (χ1n) is 4.69. The van der Waals surface area contributed by atoms with Gasteiger partial charge >= 0.3 is 0 Å². The first kappa shape index (κ1) is 8.66. The second-order valence-electron chi connectivity index (χ2n) is 3.39. The Hall–Kier alpha value is -0.930. The largest absolute Gasteiger partial charge is 0.390 e. The predicted octanol–water partition coefficient (Wildman–Crippen LogP) is 0.998. The maximum atomic E-state index is 8.92. The fraction of sp³-hybridized carbons (Fsp3) is 0.500. The molecule has 1 unspecified atom stereocenters. The van der Waals surface area contributed by atoms with Gasteiger partial charge in [-0.3, -0.25) is 4.98 Å². The Balaban J connectivity index is 2.18. The predicted molar refractivity (Wildman–Crippen MR) is 50.1 cm³/mol. The molecule has 1 aliphatic rings. The number of hydrogen-bond acceptors (Lipinski definition) is 3. The SMILES string of the molecule is OCc1cc(C2CCCN2)ccn1. The Morgan fingerprint density at radius 2 is 2.54 bits per heavy atom. The van der Waals surface area contributed by atoms with Crippen LogP contribution in [0, 0.1) is 0 Å². The van der Waals surface area contributed by atoms with Crippen molar-refractivity contribution in [3.63, 3.8) is 0 Å². The van der Waals surface area contributed by atoms with E-state index < -0.39 is 0 Å². The van der Waals surface area contributed by atoms with Crippen molar-refractivity contribution >= 4 is 0 Å². The Morgan fingerprint density at radius 1 is 1.62 bits per heavy atom. The number of hydrogen-bond donors (Lipinski definition) is 2. The molecule has 2 heterocycles. The summed E-state index contributed by atoms with van der Waals surface area (Å²) in [6.07, 6.45) is 4.19. The smallest absolute Gasteiger partial charge is 0.0853 e. The lowest BCUT2D eigenvalue weighted by atomic mass is 10.1. The van der Waals surface area contributed by atoms with Crippen LogP contribution in [-0.4, -0.2) is 16.6 Å². The number of pyridine rings is 1. The van der Waals surface area contributed by atoms with Gasteiger partial charge < -0.3 is 10.4 Å². The number of aliphatic hydroxyl groups is 1. The van der Waals surface area contributed by atoms with E-state index in [1.54, 1.807) is 6.20 Å². The van der Waals surface area contributed by atoms with E-state index in [-0.39, 0.29) is 6.61 Å². The summed E-state index contributed by atoms with van der Waals surface area (Å²) in [5.41, 5.74) is 2.00. The van der Waals surface area contributed by atoms with E-state index in [0.717, 1.165) is 12.2 Å². The molecule has 0 radical (unpaired) electrons. The highest BCUT2D eigenvalue weighted by molar-refractivity contribution is 5.20. The summed E-state index contributed by atoms with van der Waals surface area (Å²) < 4.78 is 0. The van der Waals surface area contributed by atoms with Crippen molar-refractivity contribution < 1.29 is 5.11 Å². The fourth-order valence-corrected chi connectivity index (χ4v) is 1.77. The molecule has 1 aromatic heterocycles. The zero-order valence-electron chi connectivity index (χ0n) is 7.53. The van der Waals surface area contributed by atoms with Crippen LogP contribution < -0.4 is 5.32 Å². The van der Waals surface area contributed by atoms with E-state index in [1.165, 1.54) is 18.4 Å². The van der Waals surface area contributed by atoms with E-state index in [2.05, 4.69) is 10.3 Å². The standard InChI is InChI=1S/C10H14N2O/c13-7-9-6-8(3-5-11-9)10-2-1-4-12-10/h3,5-6,10,12-13H,1-2,4,7H2. The minimum absolute atomic E-state index is 0.0283. The first-order chi connectivity index (χ1) is 6.40. The van der Waals surface area contributed by atoms with Crippen LogP contribution in [0.4, 0.5) is 0 Å². The summed E-state index contributed by atoms with van der Waals surface area (Å²) in [7, 11) is 0. The third kappa shape index (κ3) is 1.87. The molecule has 0 bridgehead atoms. The van der Waals surface area contributed by atoms with Crippen LogP contribution in [0.5, 0.6) is 0 Å². The Kier molecular flexibility index (Phi) is 2.57. The zero-order chi connectivity index (χ0) is 9.10. The molecule has 1 saturated heterocycles. The molecular formula is C10H14N2O. The van der Waals surface area contributed by atoms with E-state index >= 15 is 0 Å². The highest BCUT2D eigenvalue weighted by Gasteiger charge is 2.15. The van der Waals surface area contributed by atoms with Crippen molar-refractivity contribution in [3.8, 4) is 0 Å².